The van der Waals surface area contributed by atoms with Gasteiger partial charge in [-0.15, -0.1) is 0 Å². The predicted octanol–water partition coefficient (Wildman–Crippen LogP) is 4.28. The molecule has 1 rings (SSSR count). The highest BCUT2D eigenvalue weighted by molar-refractivity contribution is 4.72. The Morgan fingerprint density at radius 3 is 2.12 bits per heavy atom. The average molecular weight is 228 g/mol. The first-order valence-electron chi connectivity index (χ1n) is 7.11. The SMILES string of the molecule is CCCCCCCC1(CCC)OCCCO1. The van der Waals surface area contributed by atoms with Crippen molar-refractivity contribution in [2.45, 2.75) is 77.4 Å². The summed E-state index contributed by atoms with van der Waals surface area (Å²) in [6, 6.07) is 0. The van der Waals surface area contributed by atoms with E-state index in [1.807, 2.05) is 0 Å². The van der Waals surface area contributed by atoms with Gasteiger partial charge in [-0.05, 0) is 12.8 Å². The number of rotatable bonds is 8. The monoisotopic (exact) mass is 228 g/mol. The molecule has 0 amide bonds. The van der Waals surface area contributed by atoms with Crippen molar-refractivity contribution in [1.82, 2.24) is 0 Å². The van der Waals surface area contributed by atoms with Crippen molar-refractivity contribution >= 4 is 0 Å². The first kappa shape index (κ1) is 14.0. The summed E-state index contributed by atoms with van der Waals surface area (Å²) in [4.78, 5) is 0. The molecule has 0 N–H and O–H groups in total. The van der Waals surface area contributed by atoms with E-state index in [-0.39, 0.29) is 5.79 Å². The third kappa shape index (κ3) is 4.84. The lowest BCUT2D eigenvalue weighted by atomic mass is 10.0. The Morgan fingerprint density at radius 2 is 1.50 bits per heavy atom. The van der Waals surface area contributed by atoms with E-state index in [1.54, 1.807) is 0 Å². The van der Waals surface area contributed by atoms with Crippen LogP contribution in [0.3, 0.4) is 0 Å². The van der Waals surface area contributed by atoms with Crippen LogP contribution in [0.1, 0.15) is 71.6 Å². The maximum absolute atomic E-state index is 5.89. The molecule has 2 nitrogen and oxygen atoms in total. The van der Waals surface area contributed by atoms with Crippen LogP contribution >= 0.6 is 0 Å². The molecular formula is C14H28O2. The van der Waals surface area contributed by atoms with Crippen molar-refractivity contribution in [3.63, 3.8) is 0 Å². The Balaban J connectivity index is 2.21. The van der Waals surface area contributed by atoms with Crippen LogP contribution in [0.2, 0.25) is 0 Å². The lowest BCUT2D eigenvalue weighted by Crippen LogP contribution is -2.40. The van der Waals surface area contributed by atoms with Crippen molar-refractivity contribution in [3.05, 3.63) is 0 Å². The van der Waals surface area contributed by atoms with Gasteiger partial charge in [-0.2, -0.15) is 0 Å². The van der Waals surface area contributed by atoms with Crippen LogP contribution in [0.25, 0.3) is 0 Å². The van der Waals surface area contributed by atoms with Gasteiger partial charge in [0.15, 0.2) is 5.79 Å². The molecule has 0 aromatic carbocycles. The quantitative estimate of drug-likeness (QED) is 0.577. The molecule has 1 saturated heterocycles. The van der Waals surface area contributed by atoms with Gasteiger partial charge in [-0.3, -0.25) is 0 Å². The fourth-order valence-corrected chi connectivity index (χ4v) is 2.41. The second-order valence-electron chi connectivity index (χ2n) is 4.88. The lowest BCUT2D eigenvalue weighted by molar-refractivity contribution is -0.274. The highest BCUT2D eigenvalue weighted by Crippen LogP contribution is 2.30. The van der Waals surface area contributed by atoms with E-state index in [0.717, 1.165) is 38.9 Å². The second kappa shape index (κ2) is 8.08. The van der Waals surface area contributed by atoms with E-state index in [0.29, 0.717) is 0 Å². The topological polar surface area (TPSA) is 18.5 Å². The van der Waals surface area contributed by atoms with E-state index in [2.05, 4.69) is 13.8 Å². The summed E-state index contributed by atoms with van der Waals surface area (Å²) in [5.74, 6) is -0.223. The molecule has 0 bridgehead atoms. The largest absolute Gasteiger partial charge is 0.350 e. The predicted molar refractivity (Wildman–Crippen MR) is 67.5 cm³/mol. The minimum absolute atomic E-state index is 0.223. The molecule has 0 saturated carbocycles. The summed E-state index contributed by atoms with van der Waals surface area (Å²) in [6.45, 7) is 6.23. The van der Waals surface area contributed by atoms with Crippen LogP contribution in [0, 0.1) is 0 Å². The molecular weight excluding hydrogens is 200 g/mol. The normalized spacial score (nSPS) is 19.9. The van der Waals surface area contributed by atoms with Crippen LogP contribution in [-0.4, -0.2) is 19.0 Å². The molecule has 1 aliphatic heterocycles. The van der Waals surface area contributed by atoms with E-state index in [4.69, 9.17) is 9.47 Å². The van der Waals surface area contributed by atoms with Gasteiger partial charge in [0, 0.05) is 12.8 Å². The molecule has 16 heavy (non-hydrogen) atoms. The first-order valence-corrected chi connectivity index (χ1v) is 7.11. The molecule has 0 aliphatic carbocycles. The summed E-state index contributed by atoms with van der Waals surface area (Å²) in [6.07, 6.45) is 11.0. The zero-order valence-electron chi connectivity index (χ0n) is 11.1. The van der Waals surface area contributed by atoms with Crippen LogP contribution in [0.5, 0.6) is 0 Å². The zero-order valence-corrected chi connectivity index (χ0v) is 11.1. The molecule has 1 heterocycles. The Morgan fingerprint density at radius 1 is 0.812 bits per heavy atom. The lowest BCUT2D eigenvalue weighted by Gasteiger charge is -2.37. The van der Waals surface area contributed by atoms with Crippen molar-refractivity contribution in [1.29, 1.82) is 0 Å². The van der Waals surface area contributed by atoms with Crippen molar-refractivity contribution in [2.75, 3.05) is 13.2 Å². The smallest absolute Gasteiger partial charge is 0.168 e. The highest BCUT2D eigenvalue weighted by atomic mass is 16.7. The van der Waals surface area contributed by atoms with Crippen LogP contribution in [0.15, 0.2) is 0 Å². The molecule has 0 unspecified atom stereocenters. The van der Waals surface area contributed by atoms with E-state index in [9.17, 15) is 0 Å². The summed E-state index contributed by atoms with van der Waals surface area (Å²) >= 11 is 0. The third-order valence-corrected chi connectivity index (χ3v) is 3.31. The number of ether oxygens (including phenoxy) is 2. The molecule has 0 aromatic rings. The Kier molecular flexibility index (Phi) is 7.06. The maximum atomic E-state index is 5.89. The van der Waals surface area contributed by atoms with Gasteiger partial charge in [0.05, 0.1) is 13.2 Å². The summed E-state index contributed by atoms with van der Waals surface area (Å²) in [5, 5.41) is 0. The molecule has 0 atom stereocenters. The standard InChI is InChI=1S/C14H28O2/c1-3-5-6-7-8-11-14(10-4-2)15-12-9-13-16-14/h3-13H2,1-2H3. The third-order valence-electron chi connectivity index (χ3n) is 3.31. The zero-order chi connectivity index (χ0) is 11.7. The second-order valence-corrected chi connectivity index (χ2v) is 4.88. The molecule has 2 heteroatoms. The summed E-state index contributed by atoms with van der Waals surface area (Å²) < 4.78 is 11.8. The molecule has 0 spiro atoms. The van der Waals surface area contributed by atoms with Crippen molar-refractivity contribution in [3.8, 4) is 0 Å². The highest BCUT2D eigenvalue weighted by Gasteiger charge is 2.32. The van der Waals surface area contributed by atoms with Crippen LogP contribution in [0.4, 0.5) is 0 Å². The minimum Gasteiger partial charge on any atom is -0.350 e. The Bertz CT molecular complexity index is 157. The van der Waals surface area contributed by atoms with E-state index in [1.165, 1.54) is 32.1 Å². The molecule has 96 valence electrons. The number of hydrogen-bond acceptors (Lipinski definition) is 2. The summed E-state index contributed by atoms with van der Waals surface area (Å²) in [5.41, 5.74) is 0. The number of unbranched alkanes of at least 4 members (excludes halogenated alkanes) is 4. The summed E-state index contributed by atoms with van der Waals surface area (Å²) in [7, 11) is 0. The van der Waals surface area contributed by atoms with Gasteiger partial charge in [0.2, 0.25) is 0 Å². The van der Waals surface area contributed by atoms with Gasteiger partial charge in [-0.1, -0.05) is 46.0 Å². The van der Waals surface area contributed by atoms with Gasteiger partial charge < -0.3 is 9.47 Å². The van der Waals surface area contributed by atoms with Gasteiger partial charge in [0.25, 0.3) is 0 Å². The van der Waals surface area contributed by atoms with Crippen LogP contribution in [-0.2, 0) is 9.47 Å². The van der Waals surface area contributed by atoms with Gasteiger partial charge in [-0.25, -0.2) is 0 Å². The van der Waals surface area contributed by atoms with Crippen molar-refractivity contribution in [2.24, 2.45) is 0 Å². The van der Waals surface area contributed by atoms with Gasteiger partial charge in [0.1, 0.15) is 0 Å². The van der Waals surface area contributed by atoms with Crippen LogP contribution < -0.4 is 0 Å². The maximum Gasteiger partial charge on any atom is 0.168 e. The molecule has 1 aliphatic rings. The van der Waals surface area contributed by atoms with E-state index >= 15 is 0 Å². The van der Waals surface area contributed by atoms with Gasteiger partial charge >= 0.3 is 0 Å². The molecule has 1 fully saturated rings. The Hall–Kier alpha value is -0.0800. The van der Waals surface area contributed by atoms with E-state index < -0.39 is 0 Å². The number of hydrogen-bond donors (Lipinski definition) is 0. The average Bonchev–Trinajstić information content (AvgIpc) is 2.30. The molecule has 0 aromatic heterocycles. The van der Waals surface area contributed by atoms with Crippen molar-refractivity contribution < 1.29 is 9.47 Å². The Labute approximate surface area is 101 Å². The first-order chi connectivity index (χ1) is 7.83. The fourth-order valence-electron chi connectivity index (χ4n) is 2.41. The fraction of sp³-hybridized carbons (Fsp3) is 1.00. The minimum atomic E-state index is -0.223. The molecule has 0 radical (unpaired) electrons.